The predicted octanol–water partition coefficient (Wildman–Crippen LogP) is 3.79. The van der Waals surface area contributed by atoms with Crippen LogP contribution in [0.4, 0.5) is 0 Å². The fourth-order valence-corrected chi connectivity index (χ4v) is 10.0. The summed E-state index contributed by atoms with van der Waals surface area (Å²) in [6, 6.07) is 17.4. The molecule has 0 spiro atoms. The van der Waals surface area contributed by atoms with Crippen molar-refractivity contribution in [3.05, 3.63) is 74.7 Å². The summed E-state index contributed by atoms with van der Waals surface area (Å²) in [6.07, 6.45) is 0.756. The number of aromatic amines is 1. The number of hydrogen-bond donors (Lipinski definition) is 2. The number of para-hydroxylation sites is 1. The van der Waals surface area contributed by atoms with Gasteiger partial charge < -0.3 is 14.8 Å². The molecule has 7 unspecified atom stereocenters. The Labute approximate surface area is 219 Å². The molecule has 3 aromatic rings. The van der Waals surface area contributed by atoms with Crippen LogP contribution in [0.15, 0.2) is 64.4 Å². The highest BCUT2D eigenvalue weighted by molar-refractivity contribution is 8.00. The number of rotatable bonds is 5. The molecule has 2 amide bonds. The summed E-state index contributed by atoms with van der Waals surface area (Å²) >= 11 is 2.81. The van der Waals surface area contributed by atoms with Gasteiger partial charge in [0.25, 0.3) is 0 Å². The normalized spacial score (nSPS) is 31.2. The standard InChI is InChI=1S/C27H22N2O6S2/c30-17(31)11-29-25(32)20-15-10-16(21(20)26(29)33)22-19(15)18(23-24(36-22)28-27(34)37-23)12-5-4-8-14(9-12)35-13-6-2-1-3-7-13/h1-9,15-16,18-22H,10-11H2,(H,28,34)(H,30,31). The van der Waals surface area contributed by atoms with E-state index in [4.69, 9.17) is 4.74 Å². The second-order valence-electron chi connectivity index (χ2n) is 10.1. The van der Waals surface area contributed by atoms with Gasteiger partial charge in [0.05, 0.1) is 16.9 Å². The summed E-state index contributed by atoms with van der Waals surface area (Å²) in [5.74, 6) is -1.66. The SMILES string of the molecule is O=C(O)CN1C(=O)C2C3CC(C2C1=O)C1C(c2cccc(Oc4ccccc4)c2)c2sc(=O)[nH]c2SC31. The van der Waals surface area contributed by atoms with Gasteiger partial charge >= 0.3 is 10.8 Å². The van der Waals surface area contributed by atoms with Crippen molar-refractivity contribution in [3.8, 4) is 11.5 Å². The Balaban J connectivity index is 1.29. The number of amides is 2. The number of fused-ring (bicyclic) bond motifs is 9. The van der Waals surface area contributed by atoms with E-state index in [0.29, 0.717) is 5.75 Å². The number of nitrogens with zero attached hydrogens (tertiary/aromatic N) is 1. The van der Waals surface area contributed by atoms with Crippen LogP contribution in [0.1, 0.15) is 22.8 Å². The minimum atomic E-state index is -1.19. The van der Waals surface area contributed by atoms with Gasteiger partial charge in [-0.1, -0.05) is 41.7 Å². The van der Waals surface area contributed by atoms with Gasteiger partial charge in [0.1, 0.15) is 18.0 Å². The number of thioether (sulfide) groups is 1. The average molecular weight is 535 g/mol. The number of thiazole rings is 1. The molecule has 2 aromatic carbocycles. The third kappa shape index (κ3) is 3.42. The quantitative estimate of drug-likeness (QED) is 0.479. The Morgan fingerprint density at radius 1 is 1.00 bits per heavy atom. The van der Waals surface area contributed by atoms with Crippen LogP contribution < -0.4 is 9.61 Å². The van der Waals surface area contributed by atoms with Crippen LogP contribution >= 0.6 is 23.1 Å². The smallest absolute Gasteiger partial charge is 0.323 e. The van der Waals surface area contributed by atoms with Gasteiger partial charge in [0.15, 0.2) is 0 Å². The maximum absolute atomic E-state index is 13.3. The molecular weight excluding hydrogens is 512 g/mol. The predicted molar refractivity (Wildman–Crippen MR) is 136 cm³/mol. The van der Waals surface area contributed by atoms with Crippen LogP contribution in [-0.2, 0) is 14.4 Å². The molecule has 2 bridgehead atoms. The van der Waals surface area contributed by atoms with E-state index in [9.17, 15) is 24.3 Å². The molecule has 188 valence electrons. The van der Waals surface area contributed by atoms with E-state index in [0.717, 1.165) is 32.5 Å². The second-order valence-corrected chi connectivity index (χ2v) is 12.3. The van der Waals surface area contributed by atoms with Crippen molar-refractivity contribution in [2.24, 2.45) is 29.6 Å². The molecule has 3 fully saturated rings. The Kier molecular flexibility index (Phi) is 5.13. The minimum absolute atomic E-state index is 0.0388. The molecule has 2 aliphatic carbocycles. The van der Waals surface area contributed by atoms with Crippen LogP contribution in [0.2, 0.25) is 0 Å². The maximum atomic E-state index is 13.3. The molecule has 2 aliphatic heterocycles. The van der Waals surface area contributed by atoms with Gasteiger partial charge in [-0.15, -0.1) is 11.8 Å². The van der Waals surface area contributed by atoms with Crippen LogP contribution in [0.5, 0.6) is 11.5 Å². The summed E-state index contributed by atoms with van der Waals surface area (Å²) in [4.78, 5) is 55.0. The van der Waals surface area contributed by atoms with Crippen molar-refractivity contribution in [2.75, 3.05) is 6.54 Å². The van der Waals surface area contributed by atoms with E-state index in [-0.39, 0.29) is 45.6 Å². The van der Waals surface area contributed by atoms with Gasteiger partial charge in [-0.05, 0) is 54.0 Å². The Morgan fingerprint density at radius 2 is 1.73 bits per heavy atom. The zero-order valence-corrected chi connectivity index (χ0v) is 21.0. The molecule has 37 heavy (non-hydrogen) atoms. The summed E-state index contributed by atoms with van der Waals surface area (Å²) in [6.45, 7) is -0.588. The minimum Gasteiger partial charge on any atom is -0.480 e. The first kappa shape index (κ1) is 22.8. The molecule has 7 atom stereocenters. The largest absolute Gasteiger partial charge is 0.480 e. The molecule has 2 N–H and O–H groups in total. The van der Waals surface area contributed by atoms with E-state index >= 15 is 0 Å². The first-order chi connectivity index (χ1) is 17.9. The van der Waals surface area contributed by atoms with E-state index in [1.165, 1.54) is 11.3 Å². The van der Waals surface area contributed by atoms with Gasteiger partial charge in [-0.3, -0.25) is 24.1 Å². The summed E-state index contributed by atoms with van der Waals surface area (Å²) < 4.78 is 6.10. The zero-order valence-electron chi connectivity index (χ0n) is 19.4. The van der Waals surface area contributed by atoms with E-state index < -0.39 is 24.3 Å². The number of H-pyrrole nitrogens is 1. The highest BCUT2D eigenvalue weighted by atomic mass is 32.2. The summed E-state index contributed by atoms with van der Waals surface area (Å²) in [5.41, 5.74) is 1.00. The lowest BCUT2D eigenvalue weighted by atomic mass is 9.68. The van der Waals surface area contributed by atoms with Crippen molar-refractivity contribution >= 4 is 40.9 Å². The van der Waals surface area contributed by atoms with Gasteiger partial charge in [0.2, 0.25) is 11.8 Å². The van der Waals surface area contributed by atoms with Crippen LogP contribution in [-0.4, -0.2) is 44.6 Å². The summed E-state index contributed by atoms with van der Waals surface area (Å²) in [5, 5.41) is 10.2. The zero-order chi connectivity index (χ0) is 25.4. The molecule has 4 aliphatic rings. The third-order valence-electron chi connectivity index (χ3n) is 8.30. The number of aliphatic carboxylic acids is 1. The maximum Gasteiger partial charge on any atom is 0.323 e. The number of carboxylic acids is 1. The van der Waals surface area contributed by atoms with Crippen molar-refractivity contribution < 1.29 is 24.2 Å². The number of hydrogen-bond acceptors (Lipinski definition) is 7. The number of carbonyl (C=O) groups excluding carboxylic acids is 2. The Morgan fingerprint density at radius 3 is 2.49 bits per heavy atom. The molecule has 1 aromatic heterocycles. The molecule has 8 nitrogen and oxygen atoms in total. The second kappa shape index (κ2) is 8.32. The molecule has 7 rings (SSSR count). The summed E-state index contributed by atoms with van der Waals surface area (Å²) in [7, 11) is 0. The first-order valence-corrected chi connectivity index (χ1v) is 13.9. The fourth-order valence-electron chi connectivity index (χ4n) is 7.14. The Bertz CT molecular complexity index is 1500. The number of carboxylic acid groups (broad SMARTS) is 1. The van der Waals surface area contributed by atoms with Crippen LogP contribution in [0.3, 0.4) is 0 Å². The fraction of sp³-hybridized carbons (Fsp3) is 0.333. The molecule has 2 saturated carbocycles. The van der Waals surface area contributed by atoms with E-state index in [1.807, 2.05) is 54.6 Å². The average Bonchev–Trinajstić information content (AvgIpc) is 3.60. The monoisotopic (exact) mass is 534 g/mol. The number of benzene rings is 2. The highest BCUT2D eigenvalue weighted by Crippen LogP contribution is 2.68. The molecule has 10 heteroatoms. The number of carbonyl (C=O) groups is 3. The number of ether oxygens (including phenoxy) is 1. The first-order valence-electron chi connectivity index (χ1n) is 12.2. The number of imide groups is 1. The number of nitrogens with one attached hydrogen (secondary N) is 1. The lowest BCUT2D eigenvalue weighted by Gasteiger charge is -2.43. The van der Waals surface area contributed by atoms with Crippen molar-refractivity contribution in [3.63, 3.8) is 0 Å². The van der Waals surface area contributed by atoms with Crippen molar-refractivity contribution in [1.82, 2.24) is 9.88 Å². The lowest BCUT2D eigenvalue weighted by Crippen LogP contribution is -2.42. The highest BCUT2D eigenvalue weighted by Gasteiger charge is 2.69. The van der Waals surface area contributed by atoms with Crippen LogP contribution in [0, 0.1) is 29.6 Å². The van der Waals surface area contributed by atoms with Gasteiger partial charge in [-0.2, -0.15) is 0 Å². The lowest BCUT2D eigenvalue weighted by molar-refractivity contribution is -0.149. The van der Waals surface area contributed by atoms with E-state index in [2.05, 4.69) is 4.98 Å². The van der Waals surface area contributed by atoms with Crippen molar-refractivity contribution in [1.29, 1.82) is 0 Å². The number of likely N-dealkylation sites (tertiary alicyclic amines) is 1. The van der Waals surface area contributed by atoms with Gasteiger partial charge in [-0.25, -0.2) is 0 Å². The molecule has 3 heterocycles. The molecule has 0 radical (unpaired) electrons. The van der Waals surface area contributed by atoms with Crippen molar-refractivity contribution in [2.45, 2.75) is 22.6 Å². The topological polar surface area (TPSA) is 117 Å². The third-order valence-corrected chi connectivity index (χ3v) is 10.9. The van der Waals surface area contributed by atoms with Gasteiger partial charge in [0, 0.05) is 16.0 Å². The molecule has 1 saturated heterocycles. The van der Waals surface area contributed by atoms with Crippen LogP contribution in [0.25, 0.3) is 0 Å². The number of aromatic nitrogens is 1. The molecular formula is C27H22N2O6S2. The Hall–Kier alpha value is -3.37. The van der Waals surface area contributed by atoms with E-state index in [1.54, 1.807) is 11.8 Å².